The van der Waals surface area contributed by atoms with E-state index >= 15 is 0 Å². The Hall–Kier alpha value is -2.41. The van der Waals surface area contributed by atoms with E-state index in [1.165, 1.54) is 11.3 Å². The maximum Gasteiger partial charge on any atom is 0.305 e. The molecular weight excluding hydrogens is 328 g/mol. The first-order valence-electron chi connectivity index (χ1n) is 7.69. The Kier molecular flexibility index (Phi) is 4.80. The number of nitrogens with zero attached hydrogens (tertiary/aromatic N) is 1. The Labute approximate surface area is 143 Å². The second kappa shape index (κ2) is 7.00. The molecule has 0 spiro atoms. The molecule has 1 heterocycles. The topological polar surface area (TPSA) is 88.5 Å². The Morgan fingerprint density at radius 3 is 2.67 bits per heavy atom. The van der Waals surface area contributed by atoms with Gasteiger partial charge in [-0.25, -0.2) is 4.98 Å². The Morgan fingerprint density at radius 1 is 1.38 bits per heavy atom. The van der Waals surface area contributed by atoms with Gasteiger partial charge in [-0.05, 0) is 30.5 Å². The first kappa shape index (κ1) is 16.4. The first-order chi connectivity index (χ1) is 11.6. The summed E-state index contributed by atoms with van der Waals surface area (Å²) in [6.07, 6.45) is 3.63. The predicted molar refractivity (Wildman–Crippen MR) is 89.5 cm³/mol. The fourth-order valence-corrected chi connectivity index (χ4v) is 3.39. The number of amides is 1. The minimum atomic E-state index is -0.973. The maximum absolute atomic E-state index is 12.4. The van der Waals surface area contributed by atoms with E-state index in [0.717, 1.165) is 23.4 Å². The zero-order valence-corrected chi connectivity index (χ0v) is 14.0. The Morgan fingerprint density at radius 2 is 2.08 bits per heavy atom. The van der Waals surface area contributed by atoms with Crippen molar-refractivity contribution in [3.63, 3.8) is 0 Å². The van der Waals surface area contributed by atoms with Crippen LogP contribution in [0.25, 0.3) is 0 Å². The molecule has 1 fully saturated rings. The van der Waals surface area contributed by atoms with E-state index in [2.05, 4.69) is 10.3 Å². The number of methoxy groups -OCH3 is 1. The molecule has 126 valence electrons. The highest BCUT2D eigenvalue weighted by atomic mass is 32.1. The molecule has 0 saturated heterocycles. The summed E-state index contributed by atoms with van der Waals surface area (Å²) in [4.78, 5) is 28.4. The van der Waals surface area contributed by atoms with E-state index in [1.807, 2.05) is 0 Å². The predicted octanol–water partition coefficient (Wildman–Crippen LogP) is 2.97. The number of carbonyl (C=O) groups is 2. The van der Waals surface area contributed by atoms with Crippen LogP contribution in [0.1, 0.15) is 51.5 Å². The fraction of sp³-hybridized carbons (Fsp3) is 0.353. The van der Waals surface area contributed by atoms with E-state index in [4.69, 9.17) is 9.84 Å². The van der Waals surface area contributed by atoms with Gasteiger partial charge >= 0.3 is 5.97 Å². The SMILES string of the molecule is COc1ccc([C@@H](CC(=O)O)NC(=O)c2cnc(C3CC3)s2)cc1. The van der Waals surface area contributed by atoms with Gasteiger partial charge in [0.25, 0.3) is 5.91 Å². The third-order valence-corrected chi connectivity index (χ3v) is 5.03. The number of carboxylic acid groups (broad SMARTS) is 1. The van der Waals surface area contributed by atoms with Gasteiger partial charge in [-0.3, -0.25) is 9.59 Å². The molecule has 0 aliphatic heterocycles. The number of rotatable bonds is 7. The molecule has 1 atom stereocenters. The van der Waals surface area contributed by atoms with Crippen LogP contribution in [-0.4, -0.2) is 29.1 Å². The molecule has 3 rings (SSSR count). The van der Waals surface area contributed by atoms with Crippen molar-refractivity contribution in [1.82, 2.24) is 10.3 Å². The number of nitrogens with one attached hydrogen (secondary N) is 1. The van der Waals surface area contributed by atoms with E-state index in [1.54, 1.807) is 37.6 Å². The van der Waals surface area contributed by atoms with E-state index in [0.29, 0.717) is 16.5 Å². The lowest BCUT2D eigenvalue weighted by Gasteiger charge is -2.17. The third kappa shape index (κ3) is 3.91. The summed E-state index contributed by atoms with van der Waals surface area (Å²) < 4.78 is 5.10. The highest BCUT2D eigenvalue weighted by molar-refractivity contribution is 7.13. The average Bonchev–Trinajstić information content (AvgIpc) is 3.30. The number of aliphatic carboxylic acids is 1. The van der Waals surface area contributed by atoms with Crippen LogP contribution in [0.2, 0.25) is 0 Å². The smallest absolute Gasteiger partial charge is 0.305 e. The van der Waals surface area contributed by atoms with Gasteiger partial charge in [0.2, 0.25) is 0 Å². The number of thiazole rings is 1. The number of benzene rings is 1. The number of ether oxygens (including phenoxy) is 1. The minimum absolute atomic E-state index is 0.188. The van der Waals surface area contributed by atoms with Gasteiger partial charge in [0, 0.05) is 5.92 Å². The number of aromatic nitrogens is 1. The molecule has 0 unspecified atom stereocenters. The molecule has 7 heteroatoms. The third-order valence-electron chi connectivity index (χ3n) is 3.88. The molecule has 1 saturated carbocycles. The number of hydrogen-bond donors (Lipinski definition) is 2. The summed E-state index contributed by atoms with van der Waals surface area (Å²) in [7, 11) is 1.56. The molecule has 1 aromatic heterocycles. The zero-order chi connectivity index (χ0) is 17.1. The average molecular weight is 346 g/mol. The van der Waals surface area contributed by atoms with Crippen molar-refractivity contribution in [2.75, 3.05) is 7.11 Å². The first-order valence-corrected chi connectivity index (χ1v) is 8.51. The molecule has 1 aliphatic rings. The molecule has 24 heavy (non-hydrogen) atoms. The van der Waals surface area contributed by atoms with Crippen molar-refractivity contribution in [2.45, 2.75) is 31.2 Å². The summed E-state index contributed by atoms with van der Waals surface area (Å²) in [5.74, 6) is -0.0933. The van der Waals surface area contributed by atoms with Crippen LogP contribution in [0.15, 0.2) is 30.5 Å². The lowest BCUT2D eigenvalue weighted by Crippen LogP contribution is -2.29. The summed E-state index contributed by atoms with van der Waals surface area (Å²) in [5, 5.41) is 12.9. The number of carbonyl (C=O) groups excluding carboxylic acids is 1. The molecule has 1 amide bonds. The van der Waals surface area contributed by atoms with Gasteiger partial charge in [0.15, 0.2) is 0 Å². The van der Waals surface area contributed by atoms with Crippen molar-refractivity contribution in [2.24, 2.45) is 0 Å². The van der Waals surface area contributed by atoms with Crippen LogP contribution in [0, 0.1) is 0 Å². The molecular formula is C17H18N2O4S. The van der Waals surface area contributed by atoms with Crippen molar-refractivity contribution >= 4 is 23.2 Å². The van der Waals surface area contributed by atoms with Crippen LogP contribution in [0.5, 0.6) is 5.75 Å². The molecule has 2 aromatic rings. The van der Waals surface area contributed by atoms with Gasteiger partial charge in [-0.1, -0.05) is 12.1 Å². The summed E-state index contributed by atoms with van der Waals surface area (Å²) >= 11 is 1.38. The van der Waals surface area contributed by atoms with E-state index in [9.17, 15) is 9.59 Å². The lowest BCUT2D eigenvalue weighted by atomic mass is 10.0. The zero-order valence-electron chi connectivity index (χ0n) is 13.2. The van der Waals surface area contributed by atoms with Crippen molar-refractivity contribution in [1.29, 1.82) is 0 Å². The molecule has 0 bridgehead atoms. The normalized spacial score (nSPS) is 14.9. The van der Waals surface area contributed by atoms with E-state index in [-0.39, 0.29) is 12.3 Å². The van der Waals surface area contributed by atoms with Crippen molar-refractivity contribution in [3.05, 3.63) is 45.9 Å². The summed E-state index contributed by atoms with van der Waals surface area (Å²) in [6, 6.07) is 6.40. The fourth-order valence-electron chi connectivity index (χ4n) is 2.40. The Balaban J connectivity index is 1.74. The van der Waals surface area contributed by atoms with Crippen molar-refractivity contribution in [3.8, 4) is 5.75 Å². The molecule has 1 aliphatic carbocycles. The molecule has 1 aromatic carbocycles. The number of hydrogen-bond acceptors (Lipinski definition) is 5. The second-order valence-electron chi connectivity index (χ2n) is 5.73. The van der Waals surface area contributed by atoms with E-state index < -0.39 is 12.0 Å². The highest BCUT2D eigenvalue weighted by Gasteiger charge is 2.28. The van der Waals surface area contributed by atoms with Gasteiger partial charge < -0.3 is 15.2 Å². The monoisotopic (exact) mass is 346 g/mol. The van der Waals surface area contributed by atoms with Crippen LogP contribution >= 0.6 is 11.3 Å². The quantitative estimate of drug-likeness (QED) is 0.804. The van der Waals surface area contributed by atoms with Crippen molar-refractivity contribution < 1.29 is 19.4 Å². The van der Waals surface area contributed by atoms with Crippen LogP contribution in [0.4, 0.5) is 0 Å². The maximum atomic E-state index is 12.4. The van der Waals surface area contributed by atoms with Gasteiger partial charge in [-0.15, -0.1) is 11.3 Å². The standard InChI is InChI=1S/C17H18N2O4S/c1-23-12-6-4-10(5-7-12)13(8-15(20)21)19-16(22)14-9-18-17(24-14)11-2-3-11/h4-7,9,11,13H,2-3,8H2,1H3,(H,19,22)(H,20,21)/t13-/m1/s1. The Bertz CT molecular complexity index is 737. The highest BCUT2D eigenvalue weighted by Crippen LogP contribution is 2.41. The van der Waals surface area contributed by atoms with Crippen LogP contribution in [0.3, 0.4) is 0 Å². The number of carboxylic acids is 1. The summed E-state index contributed by atoms with van der Waals surface area (Å²) in [6.45, 7) is 0. The van der Waals surface area contributed by atoms with Gasteiger partial charge in [-0.2, -0.15) is 0 Å². The minimum Gasteiger partial charge on any atom is -0.497 e. The molecule has 0 radical (unpaired) electrons. The second-order valence-corrected chi connectivity index (χ2v) is 6.80. The molecule has 6 nitrogen and oxygen atoms in total. The van der Waals surface area contributed by atoms with Gasteiger partial charge in [0.05, 0.1) is 30.8 Å². The largest absolute Gasteiger partial charge is 0.497 e. The molecule has 2 N–H and O–H groups in total. The van der Waals surface area contributed by atoms with Crippen LogP contribution < -0.4 is 10.1 Å². The summed E-state index contributed by atoms with van der Waals surface area (Å²) in [5.41, 5.74) is 0.721. The van der Waals surface area contributed by atoms with Crippen LogP contribution in [-0.2, 0) is 4.79 Å². The van der Waals surface area contributed by atoms with Gasteiger partial charge in [0.1, 0.15) is 10.6 Å². The lowest BCUT2D eigenvalue weighted by molar-refractivity contribution is -0.137.